The Morgan fingerprint density at radius 1 is 0.939 bits per heavy atom. The normalized spacial score (nSPS) is 11.5. The van der Waals surface area contributed by atoms with Gasteiger partial charge in [-0.25, -0.2) is 0 Å². The van der Waals surface area contributed by atoms with Gasteiger partial charge in [-0.05, 0) is 47.5 Å². The van der Waals surface area contributed by atoms with Gasteiger partial charge in [0.1, 0.15) is 11.5 Å². The molecular weight excluding hydrogens is 455 g/mol. The van der Waals surface area contributed by atoms with Crippen LogP contribution in [0.4, 0.5) is 18.9 Å². The molecule has 0 fully saturated rings. The highest BCUT2D eigenvalue weighted by atomic mass is 35.5. The lowest BCUT2D eigenvalue weighted by molar-refractivity contribution is -0.137. The maximum absolute atomic E-state index is 13.0. The van der Waals surface area contributed by atoms with Crippen LogP contribution in [0.25, 0.3) is 22.0 Å². The standard InChI is InChI=1S/C24H19ClF3N3O2/c1-32-17-6-3-16(23(11-17)33-2)12-29-22-13-30-31-21-10-15(4-7-18(21)22)14-5-8-19(20(25)9-14)24(26,27)28/h3-11,13H,12H2,1-2H3,(H,29,31). The zero-order valence-corrected chi connectivity index (χ0v) is 18.5. The Kier molecular flexibility index (Phi) is 6.29. The van der Waals surface area contributed by atoms with E-state index in [1.165, 1.54) is 12.1 Å². The second-order valence-electron chi connectivity index (χ2n) is 7.21. The Hall–Kier alpha value is -3.52. The molecule has 33 heavy (non-hydrogen) atoms. The van der Waals surface area contributed by atoms with Gasteiger partial charge in [0, 0.05) is 23.6 Å². The molecule has 5 nitrogen and oxygen atoms in total. The van der Waals surface area contributed by atoms with Gasteiger partial charge in [0.15, 0.2) is 0 Å². The molecule has 0 amide bonds. The summed E-state index contributed by atoms with van der Waals surface area (Å²) in [5.41, 5.74) is 2.65. The smallest absolute Gasteiger partial charge is 0.417 e. The van der Waals surface area contributed by atoms with E-state index in [0.29, 0.717) is 34.7 Å². The number of halogens is 4. The zero-order valence-electron chi connectivity index (χ0n) is 17.7. The number of rotatable bonds is 6. The van der Waals surface area contributed by atoms with Crippen molar-refractivity contribution in [3.05, 3.63) is 76.9 Å². The highest BCUT2D eigenvalue weighted by molar-refractivity contribution is 6.31. The van der Waals surface area contributed by atoms with E-state index in [4.69, 9.17) is 21.1 Å². The molecule has 1 aromatic heterocycles. The molecular formula is C24H19ClF3N3O2. The third kappa shape index (κ3) is 4.80. The van der Waals surface area contributed by atoms with E-state index < -0.39 is 11.7 Å². The van der Waals surface area contributed by atoms with Gasteiger partial charge in [0.2, 0.25) is 0 Å². The number of hydrogen-bond donors (Lipinski definition) is 1. The summed E-state index contributed by atoms with van der Waals surface area (Å²) in [7, 11) is 3.19. The van der Waals surface area contributed by atoms with Gasteiger partial charge in [0.25, 0.3) is 0 Å². The molecule has 4 aromatic rings. The second kappa shape index (κ2) is 9.15. The van der Waals surface area contributed by atoms with Crippen molar-refractivity contribution in [3.8, 4) is 22.6 Å². The molecule has 0 radical (unpaired) electrons. The Morgan fingerprint density at radius 3 is 2.39 bits per heavy atom. The molecule has 3 aromatic carbocycles. The van der Waals surface area contributed by atoms with Gasteiger partial charge in [-0.3, -0.25) is 0 Å². The van der Waals surface area contributed by atoms with Crippen LogP contribution in [0, 0.1) is 0 Å². The fraction of sp³-hybridized carbons (Fsp3) is 0.167. The van der Waals surface area contributed by atoms with Crippen LogP contribution >= 0.6 is 11.6 Å². The SMILES string of the molecule is COc1ccc(CNc2cnnc3cc(-c4ccc(C(F)(F)F)c(Cl)c4)ccc23)c(OC)c1. The lowest BCUT2D eigenvalue weighted by Crippen LogP contribution is -2.05. The van der Waals surface area contributed by atoms with E-state index in [0.717, 1.165) is 22.7 Å². The van der Waals surface area contributed by atoms with E-state index in [1.54, 1.807) is 32.5 Å². The van der Waals surface area contributed by atoms with Crippen LogP contribution < -0.4 is 14.8 Å². The number of nitrogens with one attached hydrogen (secondary N) is 1. The predicted molar refractivity (Wildman–Crippen MR) is 122 cm³/mol. The van der Waals surface area contributed by atoms with Crippen LogP contribution in [0.15, 0.2) is 60.8 Å². The minimum Gasteiger partial charge on any atom is -0.497 e. The molecule has 0 spiro atoms. The first-order chi connectivity index (χ1) is 15.8. The molecule has 0 aliphatic heterocycles. The van der Waals surface area contributed by atoms with Crippen molar-refractivity contribution in [1.29, 1.82) is 0 Å². The number of hydrogen-bond acceptors (Lipinski definition) is 5. The van der Waals surface area contributed by atoms with Crippen LogP contribution in [0.2, 0.25) is 5.02 Å². The first-order valence-corrected chi connectivity index (χ1v) is 10.3. The molecule has 9 heteroatoms. The molecule has 1 heterocycles. The van der Waals surface area contributed by atoms with Gasteiger partial charge >= 0.3 is 6.18 Å². The second-order valence-corrected chi connectivity index (χ2v) is 7.62. The van der Waals surface area contributed by atoms with Crippen molar-refractivity contribution in [1.82, 2.24) is 10.2 Å². The zero-order chi connectivity index (χ0) is 23.6. The van der Waals surface area contributed by atoms with Gasteiger partial charge in [-0.2, -0.15) is 23.4 Å². The molecule has 0 unspecified atom stereocenters. The minimum atomic E-state index is -4.50. The van der Waals surface area contributed by atoms with E-state index in [1.807, 2.05) is 24.3 Å². The molecule has 170 valence electrons. The predicted octanol–water partition coefficient (Wildman–Crippen LogP) is 6.60. The van der Waals surface area contributed by atoms with Crippen LogP contribution in [0.5, 0.6) is 11.5 Å². The van der Waals surface area contributed by atoms with Crippen molar-refractivity contribution in [2.45, 2.75) is 12.7 Å². The highest BCUT2D eigenvalue weighted by Gasteiger charge is 2.33. The fourth-order valence-electron chi connectivity index (χ4n) is 3.49. The summed E-state index contributed by atoms with van der Waals surface area (Å²) in [5.74, 6) is 1.39. The van der Waals surface area contributed by atoms with E-state index in [9.17, 15) is 13.2 Å². The lowest BCUT2D eigenvalue weighted by Gasteiger charge is -2.14. The van der Waals surface area contributed by atoms with Crippen molar-refractivity contribution in [2.24, 2.45) is 0 Å². The topological polar surface area (TPSA) is 56.3 Å². The van der Waals surface area contributed by atoms with E-state index in [2.05, 4.69) is 15.5 Å². The van der Waals surface area contributed by atoms with Gasteiger partial charge in [-0.1, -0.05) is 23.7 Å². The van der Waals surface area contributed by atoms with Crippen LogP contribution in [-0.2, 0) is 12.7 Å². The van der Waals surface area contributed by atoms with Crippen molar-refractivity contribution < 1.29 is 22.6 Å². The summed E-state index contributed by atoms with van der Waals surface area (Å²) in [6.07, 6.45) is -2.88. The van der Waals surface area contributed by atoms with E-state index >= 15 is 0 Å². The minimum absolute atomic E-state index is 0.352. The van der Waals surface area contributed by atoms with Gasteiger partial charge < -0.3 is 14.8 Å². The Balaban J connectivity index is 1.61. The summed E-state index contributed by atoms with van der Waals surface area (Å²) in [6, 6.07) is 14.7. The number of methoxy groups -OCH3 is 2. The Bertz CT molecular complexity index is 1310. The summed E-state index contributed by atoms with van der Waals surface area (Å²) in [6.45, 7) is 0.476. The Morgan fingerprint density at radius 2 is 1.70 bits per heavy atom. The Labute approximate surface area is 193 Å². The number of nitrogens with zero attached hydrogens (tertiary/aromatic N) is 2. The molecule has 0 aliphatic carbocycles. The first kappa shape index (κ1) is 22.7. The van der Waals surface area contributed by atoms with Crippen LogP contribution in [0.1, 0.15) is 11.1 Å². The third-order valence-electron chi connectivity index (χ3n) is 5.21. The van der Waals surface area contributed by atoms with Crippen molar-refractivity contribution >= 4 is 28.2 Å². The summed E-state index contributed by atoms with van der Waals surface area (Å²) >= 11 is 5.87. The molecule has 0 saturated heterocycles. The van der Waals surface area contributed by atoms with Crippen LogP contribution in [0.3, 0.4) is 0 Å². The lowest BCUT2D eigenvalue weighted by atomic mass is 10.0. The summed E-state index contributed by atoms with van der Waals surface area (Å²) in [4.78, 5) is 0. The fourth-order valence-corrected chi connectivity index (χ4v) is 3.78. The molecule has 0 atom stereocenters. The van der Waals surface area contributed by atoms with Crippen molar-refractivity contribution in [3.63, 3.8) is 0 Å². The monoisotopic (exact) mass is 473 g/mol. The average molecular weight is 474 g/mol. The molecule has 1 N–H and O–H groups in total. The first-order valence-electron chi connectivity index (χ1n) is 9.87. The maximum atomic E-state index is 13.0. The summed E-state index contributed by atoms with van der Waals surface area (Å²) in [5, 5.41) is 12.0. The maximum Gasteiger partial charge on any atom is 0.417 e. The third-order valence-corrected chi connectivity index (χ3v) is 5.52. The number of alkyl halides is 3. The highest BCUT2D eigenvalue weighted by Crippen LogP contribution is 2.37. The molecule has 0 bridgehead atoms. The molecule has 0 saturated carbocycles. The van der Waals surface area contributed by atoms with Crippen molar-refractivity contribution in [2.75, 3.05) is 19.5 Å². The average Bonchev–Trinajstić information content (AvgIpc) is 2.81. The summed E-state index contributed by atoms with van der Waals surface area (Å²) < 4.78 is 49.6. The quantitative estimate of drug-likeness (QED) is 0.342. The number of ether oxygens (including phenoxy) is 2. The molecule has 0 aliphatic rings. The largest absolute Gasteiger partial charge is 0.497 e. The van der Waals surface area contributed by atoms with Gasteiger partial charge in [0.05, 0.1) is 42.2 Å². The van der Waals surface area contributed by atoms with Crippen LogP contribution in [-0.4, -0.2) is 24.4 Å². The number of anilines is 1. The molecule has 4 rings (SSSR count). The number of aromatic nitrogens is 2. The number of fused-ring (bicyclic) bond motifs is 1. The van der Waals surface area contributed by atoms with Gasteiger partial charge in [-0.15, -0.1) is 0 Å². The van der Waals surface area contributed by atoms with E-state index in [-0.39, 0.29) is 5.02 Å². The number of benzene rings is 3.